The van der Waals surface area contributed by atoms with Gasteiger partial charge in [-0.25, -0.2) is 0 Å². The molecule has 0 spiro atoms. The third-order valence-corrected chi connectivity index (χ3v) is 5.89. The van der Waals surface area contributed by atoms with Gasteiger partial charge in [0.1, 0.15) is 0 Å². The molecule has 0 bridgehead atoms. The molecule has 0 radical (unpaired) electrons. The third kappa shape index (κ3) is 5.00. The van der Waals surface area contributed by atoms with E-state index in [2.05, 4.69) is 10.3 Å². The van der Waals surface area contributed by atoms with Crippen LogP contribution in [0.4, 0.5) is 0 Å². The number of hydrogen-bond acceptors (Lipinski definition) is 3. The van der Waals surface area contributed by atoms with Gasteiger partial charge < -0.3 is 10.2 Å². The van der Waals surface area contributed by atoms with Crippen molar-refractivity contribution < 1.29 is 9.59 Å². The monoisotopic (exact) mass is 413 g/mol. The van der Waals surface area contributed by atoms with Crippen LogP contribution in [0.3, 0.4) is 0 Å². The largest absolute Gasteiger partial charge is 0.349 e. The van der Waals surface area contributed by atoms with Gasteiger partial charge in [-0.1, -0.05) is 60.7 Å². The molecule has 1 aliphatic rings. The molecule has 1 N–H and O–H groups in total. The summed E-state index contributed by atoms with van der Waals surface area (Å²) in [6.45, 7) is 3.17. The van der Waals surface area contributed by atoms with Crippen LogP contribution in [0.25, 0.3) is 11.3 Å². The van der Waals surface area contributed by atoms with Gasteiger partial charge in [-0.3, -0.25) is 14.6 Å². The van der Waals surface area contributed by atoms with Crippen molar-refractivity contribution in [1.29, 1.82) is 0 Å². The molecule has 2 heterocycles. The van der Waals surface area contributed by atoms with Gasteiger partial charge in [0.25, 0.3) is 5.91 Å². The van der Waals surface area contributed by atoms with E-state index in [1.165, 1.54) is 0 Å². The Balaban J connectivity index is 1.34. The number of nitrogens with one attached hydrogen (secondary N) is 1. The zero-order chi connectivity index (χ0) is 21.6. The Kier molecular flexibility index (Phi) is 6.41. The number of rotatable bonds is 5. The molecular formula is C26H27N3O2. The molecule has 158 valence electrons. The van der Waals surface area contributed by atoms with E-state index in [-0.39, 0.29) is 23.8 Å². The first-order chi connectivity index (χ1) is 15.1. The lowest BCUT2D eigenvalue weighted by Gasteiger charge is -2.32. The topological polar surface area (TPSA) is 62.3 Å². The lowest BCUT2D eigenvalue weighted by Crippen LogP contribution is -2.43. The SMILES string of the molecule is C[C@H](NC(=O)C1CCN(C(=O)c2ccnc(-c3ccccc3)c2)CC1)c1ccccc1. The van der Waals surface area contributed by atoms with Crippen molar-refractivity contribution in [3.05, 3.63) is 90.1 Å². The lowest BCUT2D eigenvalue weighted by molar-refractivity contribution is -0.126. The van der Waals surface area contributed by atoms with E-state index in [0.717, 1.165) is 16.8 Å². The standard InChI is InChI=1S/C26H27N3O2/c1-19(20-8-4-2-5-9-20)28-25(30)22-13-16-29(17-14-22)26(31)23-12-15-27-24(18-23)21-10-6-3-7-11-21/h2-12,15,18-19,22H,13-14,16-17H2,1H3,(H,28,30)/t19-/m0/s1. The van der Waals surface area contributed by atoms with Crippen LogP contribution < -0.4 is 5.32 Å². The summed E-state index contributed by atoms with van der Waals surface area (Å²) in [6, 6.07) is 23.4. The number of pyridine rings is 1. The Labute approximate surface area is 183 Å². The van der Waals surface area contributed by atoms with Crippen molar-refractivity contribution >= 4 is 11.8 Å². The molecule has 3 aromatic rings. The minimum Gasteiger partial charge on any atom is -0.349 e. The average molecular weight is 414 g/mol. The number of hydrogen-bond donors (Lipinski definition) is 1. The van der Waals surface area contributed by atoms with Crippen LogP contribution in [-0.2, 0) is 4.79 Å². The van der Waals surface area contributed by atoms with E-state index in [4.69, 9.17) is 0 Å². The molecule has 1 saturated heterocycles. The summed E-state index contributed by atoms with van der Waals surface area (Å²) < 4.78 is 0. The van der Waals surface area contributed by atoms with Crippen molar-refractivity contribution in [2.24, 2.45) is 5.92 Å². The second-order valence-corrected chi connectivity index (χ2v) is 8.00. The van der Waals surface area contributed by atoms with Gasteiger partial charge in [-0.15, -0.1) is 0 Å². The minimum atomic E-state index is -0.0625. The molecule has 1 aliphatic heterocycles. The maximum absolute atomic E-state index is 13.0. The summed E-state index contributed by atoms with van der Waals surface area (Å²) in [4.78, 5) is 32.0. The fourth-order valence-electron chi connectivity index (χ4n) is 4.01. The van der Waals surface area contributed by atoms with Gasteiger partial charge in [0, 0.05) is 36.3 Å². The predicted molar refractivity (Wildman–Crippen MR) is 121 cm³/mol. The molecule has 0 saturated carbocycles. The molecule has 31 heavy (non-hydrogen) atoms. The average Bonchev–Trinajstić information content (AvgIpc) is 2.85. The van der Waals surface area contributed by atoms with E-state index in [9.17, 15) is 9.59 Å². The van der Waals surface area contributed by atoms with Crippen molar-refractivity contribution in [2.45, 2.75) is 25.8 Å². The number of carbonyl (C=O) groups is 2. The number of aromatic nitrogens is 1. The number of benzene rings is 2. The normalized spacial score (nSPS) is 15.3. The Morgan fingerprint density at radius 2 is 1.61 bits per heavy atom. The Bertz CT molecular complexity index is 1030. The van der Waals surface area contributed by atoms with E-state index in [1.807, 2.05) is 78.6 Å². The number of likely N-dealkylation sites (tertiary alicyclic amines) is 1. The van der Waals surface area contributed by atoms with Gasteiger partial charge >= 0.3 is 0 Å². The third-order valence-electron chi connectivity index (χ3n) is 5.89. The van der Waals surface area contributed by atoms with Crippen LogP contribution >= 0.6 is 0 Å². The summed E-state index contributed by atoms with van der Waals surface area (Å²) in [7, 11) is 0. The van der Waals surface area contributed by atoms with Crippen LogP contribution in [0.5, 0.6) is 0 Å². The van der Waals surface area contributed by atoms with E-state index in [0.29, 0.717) is 31.5 Å². The van der Waals surface area contributed by atoms with Gasteiger partial charge in [-0.05, 0) is 37.5 Å². The molecule has 4 rings (SSSR count). The molecule has 2 amide bonds. The second-order valence-electron chi connectivity index (χ2n) is 8.00. The van der Waals surface area contributed by atoms with Crippen molar-refractivity contribution in [2.75, 3.05) is 13.1 Å². The molecule has 0 unspecified atom stereocenters. The first-order valence-electron chi connectivity index (χ1n) is 10.8. The highest BCUT2D eigenvalue weighted by Gasteiger charge is 2.28. The Morgan fingerprint density at radius 3 is 2.29 bits per heavy atom. The first-order valence-corrected chi connectivity index (χ1v) is 10.8. The molecule has 2 aromatic carbocycles. The Hall–Kier alpha value is -3.47. The zero-order valence-electron chi connectivity index (χ0n) is 17.7. The van der Waals surface area contributed by atoms with Crippen LogP contribution in [0.1, 0.15) is 41.7 Å². The summed E-state index contributed by atoms with van der Waals surface area (Å²) in [6.07, 6.45) is 3.03. The Morgan fingerprint density at radius 1 is 0.968 bits per heavy atom. The second kappa shape index (κ2) is 9.56. The van der Waals surface area contributed by atoms with Gasteiger partial charge in [0.15, 0.2) is 0 Å². The van der Waals surface area contributed by atoms with Crippen LogP contribution in [-0.4, -0.2) is 34.8 Å². The number of amides is 2. The fourth-order valence-corrected chi connectivity index (χ4v) is 4.01. The van der Waals surface area contributed by atoms with Crippen LogP contribution in [0, 0.1) is 5.92 Å². The molecule has 1 fully saturated rings. The molecule has 1 aromatic heterocycles. The van der Waals surface area contributed by atoms with Crippen LogP contribution in [0.2, 0.25) is 0 Å². The van der Waals surface area contributed by atoms with Crippen molar-refractivity contribution in [3.8, 4) is 11.3 Å². The van der Waals surface area contributed by atoms with E-state index in [1.54, 1.807) is 12.3 Å². The van der Waals surface area contributed by atoms with Crippen molar-refractivity contribution in [1.82, 2.24) is 15.2 Å². The quantitative estimate of drug-likeness (QED) is 0.671. The lowest BCUT2D eigenvalue weighted by atomic mass is 9.94. The first kappa shape index (κ1) is 20.8. The summed E-state index contributed by atoms with van der Waals surface area (Å²) >= 11 is 0. The summed E-state index contributed by atoms with van der Waals surface area (Å²) in [5.41, 5.74) is 3.50. The maximum atomic E-state index is 13.0. The maximum Gasteiger partial charge on any atom is 0.253 e. The number of carbonyl (C=O) groups excluding carboxylic acids is 2. The highest BCUT2D eigenvalue weighted by Crippen LogP contribution is 2.23. The van der Waals surface area contributed by atoms with Gasteiger partial charge in [-0.2, -0.15) is 0 Å². The minimum absolute atomic E-state index is 0.00362. The highest BCUT2D eigenvalue weighted by molar-refractivity contribution is 5.95. The predicted octanol–water partition coefficient (Wildman–Crippen LogP) is 4.48. The summed E-state index contributed by atoms with van der Waals surface area (Å²) in [5.74, 6) is 0.00218. The summed E-state index contributed by atoms with van der Waals surface area (Å²) in [5, 5.41) is 3.12. The van der Waals surface area contributed by atoms with Gasteiger partial charge in [0.05, 0.1) is 11.7 Å². The molecule has 5 heteroatoms. The molecular weight excluding hydrogens is 386 g/mol. The highest BCUT2D eigenvalue weighted by atomic mass is 16.2. The smallest absolute Gasteiger partial charge is 0.253 e. The van der Waals surface area contributed by atoms with E-state index < -0.39 is 0 Å². The molecule has 0 aliphatic carbocycles. The fraction of sp³-hybridized carbons (Fsp3) is 0.269. The zero-order valence-corrected chi connectivity index (χ0v) is 17.7. The van der Waals surface area contributed by atoms with Crippen molar-refractivity contribution in [3.63, 3.8) is 0 Å². The number of piperidine rings is 1. The molecule has 1 atom stereocenters. The van der Waals surface area contributed by atoms with E-state index >= 15 is 0 Å². The van der Waals surface area contributed by atoms with Crippen LogP contribution in [0.15, 0.2) is 79.0 Å². The molecule has 5 nitrogen and oxygen atoms in total. The number of nitrogens with zero attached hydrogens (tertiary/aromatic N) is 2. The van der Waals surface area contributed by atoms with Gasteiger partial charge in [0.2, 0.25) is 5.91 Å².